The SMILES string of the molecule is CCSc1nc2n(n1)C(c1ccccc1OC)C(C(=O)Nc1cccc(C)c1C)=C(C)N2. The Hall–Kier alpha value is -3.26. The molecule has 0 spiro atoms. The Balaban J connectivity index is 1.83. The normalized spacial score (nSPS) is 15.2. The van der Waals surface area contributed by atoms with Gasteiger partial charge in [0, 0.05) is 16.9 Å². The lowest BCUT2D eigenvalue weighted by Gasteiger charge is -2.29. The zero-order valence-corrected chi connectivity index (χ0v) is 19.7. The van der Waals surface area contributed by atoms with Crippen molar-refractivity contribution in [2.24, 2.45) is 0 Å². The average Bonchev–Trinajstić information content (AvgIpc) is 3.18. The number of hydrogen-bond donors (Lipinski definition) is 2. The average molecular weight is 450 g/mol. The lowest BCUT2D eigenvalue weighted by molar-refractivity contribution is -0.113. The summed E-state index contributed by atoms with van der Waals surface area (Å²) in [4.78, 5) is 18.3. The predicted octanol–water partition coefficient (Wildman–Crippen LogP) is 4.94. The Morgan fingerprint density at radius 2 is 1.97 bits per heavy atom. The number of ether oxygens (including phenoxy) is 1. The minimum atomic E-state index is -0.480. The molecule has 1 aromatic heterocycles. The Morgan fingerprint density at radius 1 is 1.19 bits per heavy atom. The van der Waals surface area contributed by atoms with Crippen molar-refractivity contribution in [3.63, 3.8) is 0 Å². The molecule has 4 rings (SSSR count). The molecule has 166 valence electrons. The second kappa shape index (κ2) is 9.08. The van der Waals surface area contributed by atoms with E-state index in [1.165, 1.54) is 0 Å². The van der Waals surface area contributed by atoms with E-state index in [0.717, 1.165) is 33.8 Å². The van der Waals surface area contributed by atoms with Gasteiger partial charge in [-0.2, -0.15) is 4.98 Å². The molecule has 1 amide bonds. The van der Waals surface area contributed by atoms with Gasteiger partial charge in [-0.1, -0.05) is 49.0 Å². The molecule has 2 N–H and O–H groups in total. The standard InChI is InChI=1S/C24H27N5O2S/c1-6-32-24-27-23-25-16(4)20(22(30)26-18-12-9-10-14(2)15(18)3)21(29(23)28-24)17-11-7-8-13-19(17)31-5/h7-13,21H,6H2,1-5H3,(H,26,30)(H,25,27,28). The molecule has 1 aliphatic rings. The molecule has 1 aliphatic heterocycles. The largest absolute Gasteiger partial charge is 0.496 e. The number of para-hydroxylation sites is 1. The van der Waals surface area contributed by atoms with Crippen molar-refractivity contribution in [2.45, 2.75) is 38.9 Å². The highest BCUT2D eigenvalue weighted by molar-refractivity contribution is 7.99. The molecule has 32 heavy (non-hydrogen) atoms. The molecule has 0 radical (unpaired) electrons. The van der Waals surface area contributed by atoms with E-state index in [1.807, 2.05) is 63.2 Å². The monoisotopic (exact) mass is 449 g/mol. The summed E-state index contributed by atoms with van der Waals surface area (Å²) < 4.78 is 7.42. The quantitative estimate of drug-likeness (QED) is 0.519. The maximum Gasteiger partial charge on any atom is 0.255 e. The van der Waals surface area contributed by atoms with Crippen molar-refractivity contribution in [3.05, 3.63) is 70.4 Å². The van der Waals surface area contributed by atoms with Crippen LogP contribution >= 0.6 is 11.8 Å². The van der Waals surface area contributed by atoms with Crippen molar-refractivity contribution < 1.29 is 9.53 Å². The lowest BCUT2D eigenvalue weighted by atomic mass is 9.94. The van der Waals surface area contributed by atoms with Gasteiger partial charge < -0.3 is 15.4 Å². The van der Waals surface area contributed by atoms with Crippen LogP contribution in [0.4, 0.5) is 11.6 Å². The van der Waals surface area contributed by atoms with Crippen LogP contribution in [0.25, 0.3) is 0 Å². The summed E-state index contributed by atoms with van der Waals surface area (Å²) in [6.45, 7) is 7.99. The highest BCUT2D eigenvalue weighted by atomic mass is 32.2. The third-order valence-corrected chi connectivity index (χ3v) is 6.36. The summed E-state index contributed by atoms with van der Waals surface area (Å²) >= 11 is 1.56. The number of methoxy groups -OCH3 is 1. The van der Waals surface area contributed by atoms with Gasteiger partial charge >= 0.3 is 0 Å². The third-order valence-electron chi connectivity index (χ3n) is 5.64. The maximum absolute atomic E-state index is 13.7. The number of fused-ring (bicyclic) bond motifs is 1. The lowest BCUT2D eigenvalue weighted by Crippen LogP contribution is -2.32. The highest BCUT2D eigenvalue weighted by Crippen LogP contribution is 2.40. The summed E-state index contributed by atoms with van der Waals surface area (Å²) in [6.07, 6.45) is 0. The molecule has 0 saturated carbocycles. The minimum Gasteiger partial charge on any atom is -0.496 e. The number of nitrogens with zero attached hydrogens (tertiary/aromatic N) is 3. The van der Waals surface area contributed by atoms with Crippen molar-refractivity contribution >= 4 is 29.3 Å². The number of rotatable bonds is 6. The number of aromatic nitrogens is 3. The van der Waals surface area contributed by atoms with Crippen molar-refractivity contribution in [2.75, 3.05) is 23.5 Å². The van der Waals surface area contributed by atoms with E-state index < -0.39 is 6.04 Å². The van der Waals surface area contributed by atoms with Crippen molar-refractivity contribution in [1.29, 1.82) is 0 Å². The number of carbonyl (C=O) groups is 1. The van der Waals surface area contributed by atoms with Crippen LogP contribution in [0.15, 0.2) is 58.9 Å². The van der Waals surface area contributed by atoms with E-state index in [1.54, 1.807) is 23.6 Å². The number of thioether (sulfide) groups is 1. The number of allylic oxidation sites excluding steroid dienone is 1. The molecular weight excluding hydrogens is 422 g/mol. The van der Waals surface area contributed by atoms with Gasteiger partial charge in [-0.3, -0.25) is 4.79 Å². The van der Waals surface area contributed by atoms with Crippen LogP contribution in [0.1, 0.15) is 36.6 Å². The molecule has 0 fully saturated rings. The topological polar surface area (TPSA) is 81.1 Å². The molecule has 0 bridgehead atoms. The van der Waals surface area contributed by atoms with E-state index in [2.05, 4.69) is 22.5 Å². The number of benzene rings is 2. The molecule has 0 saturated heterocycles. The van der Waals surface area contributed by atoms with Crippen LogP contribution in [0, 0.1) is 13.8 Å². The molecule has 1 atom stereocenters. The second-order valence-electron chi connectivity index (χ2n) is 7.61. The van der Waals surface area contributed by atoms with Gasteiger partial charge in [0.15, 0.2) is 0 Å². The molecule has 0 aliphatic carbocycles. The third kappa shape index (κ3) is 3.98. The maximum atomic E-state index is 13.7. The Labute approximate surface area is 192 Å². The molecule has 1 unspecified atom stereocenters. The first-order chi connectivity index (χ1) is 15.4. The van der Waals surface area contributed by atoms with Gasteiger partial charge in [0.05, 0.1) is 12.7 Å². The Kier molecular flexibility index (Phi) is 6.23. The summed E-state index contributed by atoms with van der Waals surface area (Å²) in [5.41, 5.74) is 5.11. The van der Waals surface area contributed by atoms with Crippen LogP contribution in [0.2, 0.25) is 0 Å². The van der Waals surface area contributed by atoms with E-state index in [4.69, 9.17) is 9.84 Å². The number of aryl methyl sites for hydroxylation is 1. The number of nitrogens with one attached hydrogen (secondary N) is 2. The summed E-state index contributed by atoms with van der Waals surface area (Å²) in [5.74, 6) is 1.97. The minimum absolute atomic E-state index is 0.189. The predicted molar refractivity (Wildman–Crippen MR) is 128 cm³/mol. The number of anilines is 2. The van der Waals surface area contributed by atoms with Crippen LogP contribution in [0.3, 0.4) is 0 Å². The fourth-order valence-electron chi connectivity index (χ4n) is 3.87. The zero-order chi connectivity index (χ0) is 22.8. The fourth-order valence-corrected chi connectivity index (χ4v) is 4.43. The van der Waals surface area contributed by atoms with Gasteiger partial charge in [0.1, 0.15) is 11.8 Å². The van der Waals surface area contributed by atoms with E-state index in [9.17, 15) is 4.79 Å². The highest BCUT2D eigenvalue weighted by Gasteiger charge is 2.36. The van der Waals surface area contributed by atoms with Gasteiger partial charge in [0.25, 0.3) is 5.91 Å². The van der Waals surface area contributed by atoms with E-state index >= 15 is 0 Å². The molecule has 2 aromatic carbocycles. The summed E-state index contributed by atoms with van der Waals surface area (Å²) in [5, 5.41) is 11.8. The summed E-state index contributed by atoms with van der Waals surface area (Å²) in [6, 6.07) is 13.1. The van der Waals surface area contributed by atoms with Crippen LogP contribution in [-0.4, -0.2) is 33.5 Å². The van der Waals surface area contributed by atoms with Gasteiger partial charge in [-0.15, -0.1) is 5.10 Å². The van der Waals surface area contributed by atoms with Gasteiger partial charge in [-0.25, -0.2) is 4.68 Å². The Bertz CT molecular complexity index is 1200. The first kappa shape index (κ1) is 22.0. The van der Waals surface area contributed by atoms with Crippen LogP contribution in [-0.2, 0) is 4.79 Å². The first-order valence-corrected chi connectivity index (χ1v) is 11.5. The van der Waals surface area contributed by atoms with Crippen molar-refractivity contribution in [3.8, 4) is 5.75 Å². The molecule has 3 aromatic rings. The van der Waals surface area contributed by atoms with E-state index in [0.29, 0.717) is 22.4 Å². The molecule has 2 heterocycles. The molecule has 8 heteroatoms. The van der Waals surface area contributed by atoms with E-state index in [-0.39, 0.29) is 5.91 Å². The van der Waals surface area contributed by atoms with Crippen molar-refractivity contribution in [1.82, 2.24) is 14.8 Å². The smallest absolute Gasteiger partial charge is 0.255 e. The molecular formula is C24H27N5O2S. The number of amides is 1. The Morgan fingerprint density at radius 3 is 2.72 bits per heavy atom. The number of hydrogen-bond acceptors (Lipinski definition) is 6. The first-order valence-electron chi connectivity index (χ1n) is 10.5. The molecule has 7 nitrogen and oxygen atoms in total. The summed E-state index contributed by atoms with van der Waals surface area (Å²) in [7, 11) is 1.63. The second-order valence-corrected chi connectivity index (χ2v) is 8.84. The zero-order valence-electron chi connectivity index (χ0n) is 18.9. The van der Waals surface area contributed by atoms with Gasteiger partial charge in [-0.05, 0) is 49.8 Å². The van der Waals surface area contributed by atoms with Gasteiger partial charge in [0.2, 0.25) is 11.1 Å². The number of carbonyl (C=O) groups excluding carboxylic acids is 1. The van der Waals surface area contributed by atoms with Crippen LogP contribution in [0.5, 0.6) is 5.75 Å². The fraction of sp³-hybridized carbons (Fsp3) is 0.292. The van der Waals surface area contributed by atoms with Crippen LogP contribution < -0.4 is 15.4 Å².